The number of carbonyl (C=O) groups excluding carboxylic acids is 3. The van der Waals surface area contributed by atoms with E-state index >= 15 is 0 Å². The van der Waals surface area contributed by atoms with Crippen LogP contribution in [-0.4, -0.2) is 63.6 Å². The van der Waals surface area contributed by atoms with Crippen molar-refractivity contribution in [1.29, 1.82) is 0 Å². The van der Waals surface area contributed by atoms with Crippen LogP contribution in [0.1, 0.15) is 31.4 Å². The van der Waals surface area contributed by atoms with E-state index in [1.165, 1.54) is 12.1 Å². The Balaban J connectivity index is 1.68. The lowest BCUT2D eigenvalue weighted by molar-refractivity contribution is -0.143. The largest absolute Gasteiger partial charge is 0.508 e. The van der Waals surface area contributed by atoms with Crippen LogP contribution in [0.15, 0.2) is 54.7 Å². The first-order valence-electron chi connectivity index (χ1n) is 12.8. The number of fused-ring (bicyclic) bond motifs is 1. The van der Waals surface area contributed by atoms with E-state index in [0.717, 1.165) is 22.0 Å². The average molecular weight is 538 g/mol. The number of nitrogens with two attached hydrogens (primary N) is 1. The number of carboxylic acid groups (broad SMARTS) is 1. The molecule has 0 saturated heterocycles. The summed E-state index contributed by atoms with van der Waals surface area (Å²) in [6.07, 6.45) is 2.58. The minimum atomic E-state index is -1.16. The number of rotatable bonds is 13. The fourth-order valence-corrected chi connectivity index (χ4v) is 4.19. The van der Waals surface area contributed by atoms with E-state index in [1.54, 1.807) is 25.3 Å². The first kappa shape index (κ1) is 29.2. The van der Waals surface area contributed by atoms with Crippen molar-refractivity contribution < 1.29 is 29.4 Å². The molecule has 8 N–H and O–H groups in total. The first-order valence-corrected chi connectivity index (χ1v) is 12.8. The van der Waals surface area contributed by atoms with Crippen LogP contribution in [-0.2, 0) is 32.0 Å². The summed E-state index contributed by atoms with van der Waals surface area (Å²) < 4.78 is 0. The van der Waals surface area contributed by atoms with Crippen LogP contribution in [0.2, 0.25) is 0 Å². The predicted molar refractivity (Wildman–Crippen MR) is 146 cm³/mol. The Morgan fingerprint density at radius 3 is 2.33 bits per heavy atom. The zero-order valence-electron chi connectivity index (χ0n) is 21.9. The normalized spacial score (nSPS) is 14.1. The van der Waals surface area contributed by atoms with Crippen molar-refractivity contribution in [2.24, 2.45) is 11.7 Å². The van der Waals surface area contributed by atoms with Gasteiger partial charge in [0.15, 0.2) is 0 Å². The quantitative estimate of drug-likeness (QED) is 0.171. The number of H-pyrrole nitrogens is 1. The van der Waals surface area contributed by atoms with Crippen LogP contribution >= 0.6 is 0 Å². The van der Waals surface area contributed by atoms with Gasteiger partial charge in [-0.15, -0.1) is 0 Å². The number of aromatic nitrogens is 1. The molecule has 4 unspecified atom stereocenters. The highest BCUT2D eigenvalue weighted by Gasteiger charge is 2.30. The molecule has 0 aliphatic rings. The molecule has 2 aromatic carbocycles. The van der Waals surface area contributed by atoms with E-state index in [4.69, 9.17) is 5.73 Å². The first-order chi connectivity index (χ1) is 18.6. The van der Waals surface area contributed by atoms with E-state index in [2.05, 4.69) is 20.9 Å². The van der Waals surface area contributed by atoms with E-state index in [9.17, 15) is 29.4 Å². The Morgan fingerprint density at radius 2 is 1.67 bits per heavy atom. The predicted octanol–water partition coefficient (Wildman–Crippen LogP) is 1.20. The zero-order chi connectivity index (χ0) is 28.5. The number of aliphatic carboxylic acids is 1. The number of hydrogen-bond acceptors (Lipinski definition) is 6. The van der Waals surface area contributed by atoms with Crippen LogP contribution in [0, 0.1) is 5.92 Å². The molecule has 39 heavy (non-hydrogen) atoms. The molecule has 0 bridgehead atoms. The lowest BCUT2D eigenvalue weighted by Crippen LogP contribution is -2.55. The van der Waals surface area contributed by atoms with Crippen molar-refractivity contribution in [2.75, 3.05) is 6.54 Å². The van der Waals surface area contributed by atoms with Crippen LogP contribution < -0.4 is 21.7 Å². The summed E-state index contributed by atoms with van der Waals surface area (Å²) in [4.78, 5) is 53.4. The Kier molecular flexibility index (Phi) is 10.0. The van der Waals surface area contributed by atoms with Crippen molar-refractivity contribution >= 4 is 34.6 Å². The van der Waals surface area contributed by atoms with Crippen LogP contribution in [0.25, 0.3) is 10.9 Å². The zero-order valence-corrected chi connectivity index (χ0v) is 21.9. The Hall–Kier alpha value is -4.38. The molecule has 3 rings (SSSR count). The van der Waals surface area contributed by atoms with Crippen molar-refractivity contribution in [2.45, 2.75) is 51.2 Å². The lowest BCUT2D eigenvalue weighted by Gasteiger charge is -2.24. The SMILES string of the molecule is CCC(C)C(NC(=O)C(Cc1c[nH]c2ccccc12)NC(=O)CNC(=O)C(N)Cc1ccc(O)cc1)C(=O)O. The molecule has 3 amide bonds. The Labute approximate surface area is 226 Å². The number of nitrogens with one attached hydrogen (secondary N) is 4. The van der Waals surface area contributed by atoms with Crippen LogP contribution in [0.5, 0.6) is 5.75 Å². The lowest BCUT2D eigenvalue weighted by atomic mass is 9.98. The number of carboxylic acids is 1. The van der Waals surface area contributed by atoms with E-state index in [0.29, 0.717) is 6.42 Å². The maximum Gasteiger partial charge on any atom is 0.326 e. The summed E-state index contributed by atoms with van der Waals surface area (Å²) in [5, 5.41) is 27.5. The Bertz CT molecular complexity index is 1310. The van der Waals surface area contributed by atoms with Gasteiger partial charge in [0.25, 0.3) is 0 Å². The number of para-hydroxylation sites is 1. The maximum atomic E-state index is 13.2. The number of aromatic amines is 1. The molecule has 0 aliphatic carbocycles. The molecule has 1 aromatic heterocycles. The number of aromatic hydroxyl groups is 1. The Morgan fingerprint density at radius 1 is 0.974 bits per heavy atom. The minimum absolute atomic E-state index is 0.0958. The molecule has 208 valence electrons. The highest BCUT2D eigenvalue weighted by Crippen LogP contribution is 2.19. The van der Waals surface area contributed by atoms with Gasteiger partial charge in [-0.2, -0.15) is 0 Å². The molecule has 0 aliphatic heterocycles. The molecule has 11 heteroatoms. The van der Waals surface area contributed by atoms with Crippen molar-refractivity contribution in [3.05, 3.63) is 65.9 Å². The number of amides is 3. The summed E-state index contributed by atoms with van der Waals surface area (Å²) in [6, 6.07) is 10.6. The average Bonchev–Trinajstić information content (AvgIpc) is 3.33. The van der Waals surface area contributed by atoms with Crippen molar-refractivity contribution in [3.63, 3.8) is 0 Å². The smallest absolute Gasteiger partial charge is 0.326 e. The summed E-state index contributed by atoms with van der Waals surface area (Å²) in [6.45, 7) is 3.13. The van der Waals surface area contributed by atoms with Crippen molar-refractivity contribution in [1.82, 2.24) is 20.9 Å². The fourth-order valence-electron chi connectivity index (χ4n) is 4.19. The van der Waals surface area contributed by atoms with Gasteiger partial charge in [0, 0.05) is 23.5 Å². The third kappa shape index (κ3) is 8.05. The molecule has 4 atom stereocenters. The van der Waals surface area contributed by atoms with Crippen molar-refractivity contribution in [3.8, 4) is 5.75 Å². The minimum Gasteiger partial charge on any atom is -0.508 e. The fraction of sp³-hybridized carbons (Fsp3) is 0.357. The van der Waals surface area contributed by atoms with Gasteiger partial charge in [0.1, 0.15) is 17.8 Å². The number of benzene rings is 2. The molecule has 0 radical (unpaired) electrons. The molecule has 0 saturated carbocycles. The van der Waals surface area contributed by atoms with E-state index < -0.39 is 48.4 Å². The summed E-state index contributed by atoms with van der Waals surface area (Å²) in [5.41, 5.74) is 8.32. The highest BCUT2D eigenvalue weighted by molar-refractivity contribution is 5.93. The maximum absolute atomic E-state index is 13.2. The van der Waals surface area contributed by atoms with Gasteiger partial charge >= 0.3 is 5.97 Å². The number of hydrogen-bond donors (Lipinski definition) is 7. The molecule has 0 spiro atoms. The molecule has 0 fully saturated rings. The van der Waals surface area contributed by atoms with Gasteiger partial charge in [0.2, 0.25) is 17.7 Å². The van der Waals surface area contributed by atoms with Gasteiger partial charge < -0.3 is 36.9 Å². The monoisotopic (exact) mass is 537 g/mol. The second-order valence-electron chi connectivity index (χ2n) is 9.59. The molecular weight excluding hydrogens is 502 g/mol. The van der Waals surface area contributed by atoms with E-state index in [-0.39, 0.29) is 24.5 Å². The van der Waals surface area contributed by atoms with Crippen LogP contribution in [0.4, 0.5) is 0 Å². The third-order valence-corrected chi connectivity index (χ3v) is 6.68. The molecular formula is C28H35N5O6. The van der Waals surface area contributed by atoms with E-state index in [1.807, 2.05) is 31.2 Å². The van der Waals surface area contributed by atoms with Gasteiger partial charge in [-0.25, -0.2) is 4.79 Å². The summed E-state index contributed by atoms with van der Waals surface area (Å²) >= 11 is 0. The van der Waals surface area contributed by atoms with Crippen LogP contribution in [0.3, 0.4) is 0 Å². The third-order valence-electron chi connectivity index (χ3n) is 6.68. The molecule has 11 nitrogen and oxygen atoms in total. The van der Waals surface area contributed by atoms with Gasteiger partial charge in [-0.05, 0) is 41.7 Å². The number of phenols is 1. The standard InChI is InChI=1S/C28H35N5O6/c1-3-16(2)25(28(38)39)33-27(37)23(13-18-14-30-22-7-5-4-6-20(18)22)32-24(35)15-31-26(36)21(29)12-17-8-10-19(34)11-9-17/h4-11,14,16,21,23,25,30,34H,3,12-13,15,29H2,1-2H3,(H,31,36)(H,32,35)(H,33,37)(H,38,39). The highest BCUT2D eigenvalue weighted by atomic mass is 16.4. The molecule has 1 heterocycles. The van der Waals surface area contributed by atoms with Gasteiger partial charge in [-0.1, -0.05) is 50.6 Å². The topological polar surface area (TPSA) is 187 Å². The second kappa shape index (κ2) is 13.4. The van der Waals surface area contributed by atoms with Gasteiger partial charge in [0.05, 0.1) is 12.6 Å². The van der Waals surface area contributed by atoms with Gasteiger partial charge in [-0.3, -0.25) is 14.4 Å². The number of phenolic OH excluding ortho intramolecular Hbond substituents is 1. The number of carbonyl (C=O) groups is 4. The molecule has 3 aromatic rings. The summed E-state index contributed by atoms with van der Waals surface area (Å²) in [7, 11) is 0. The summed E-state index contributed by atoms with van der Waals surface area (Å²) in [5.74, 6) is -3.22. The second-order valence-corrected chi connectivity index (χ2v) is 9.59.